The number of hydrazine groups is 1. The molecule has 0 radical (unpaired) electrons. The first-order chi connectivity index (χ1) is 7.15. The van der Waals surface area contributed by atoms with Crippen molar-refractivity contribution in [3.63, 3.8) is 0 Å². The largest absolute Gasteiger partial charge is 0.350 e. The fourth-order valence-corrected chi connectivity index (χ4v) is 1.56. The zero-order chi connectivity index (χ0) is 11.3. The van der Waals surface area contributed by atoms with E-state index in [0.29, 0.717) is 17.0 Å². The van der Waals surface area contributed by atoms with Gasteiger partial charge in [-0.15, -0.1) is 5.10 Å². The molecule has 4 N–H and O–H groups in total. The van der Waals surface area contributed by atoms with E-state index in [1.807, 2.05) is 12.3 Å². The molecule has 0 aliphatic heterocycles. The summed E-state index contributed by atoms with van der Waals surface area (Å²) in [6.07, 6.45) is 1.55. The molecule has 7 nitrogen and oxygen atoms in total. The number of hydrogen-bond donors (Lipinski definition) is 3. The van der Waals surface area contributed by atoms with E-state index in [-0.39, 0.29) is 0 Å². The lowest BCUT2D eigenvalue weighted by Crippen LogP contribution is -2.44. The van der Waals surface area contributed by atoms with Crippen LogP contribution >= 0.6 is 11.5 Å². The van der Waals surface area contributed by atoms with Crippen molar-refractivity contribution in [3.8, 4) is 0 Å². The summed E-state index contributed by atoms with van der Waals surface area (Å²) < 4.78 is 3.68. The Labute approximate surface area is 90.2 Å². The van der Waals surface area contributed by atoms with Crippen molar-refractivity contribution < 1.29 is 9.59 Å². The number of carbonyl (C=O) groups excluding carboxylic acids is 2. The average molecular weight is 229 g/mol. The molecule has 1 rings (SSSR count). The van der Waals surface area contributed by atoms with Crippen LogP contribution in [0.25, 0.3) is 0 Å². The molecule has 0 atom stereocenters. The van der Waals surface area contributed by atoms with Gasteiger partial charge in [0.05, 0.1) is 5.69 Å². The van der Waals surface area contributed by atoms with Gasteiger partial charge in [-0.3, -0.25) is 10.2 Å². The minimum Gasteiger partial charge on any atom is -0.350 e. The van der Waals surface area contributed by atoms with Crippen LogP contribution < -0.4 is 16.6 Å². The standard InChI is InChI=1S/C7H11N5O2S/c1-2-3-4-5(15-12-9-4)6(13)10-11-7(8)14/h2-3H2,1H3,(H,10,13)(H3,8,11,14). The topological polar surface area (TPSA) is 110 Å². The predicted octanol–water partition coefficient (Wildman–Crippen LogP) is -0.196. The number of primary amides is 1. The Morgan fingerprint density at radius 3 is 2.80 bits per heavy atom. The predicted molar refractivity (Wildman–Crippen MR) is 54.1 cm³/mol. The molecule has 8 heteroatoms. The van der Waals surface area contributed by atoms with Gasteiger partial charge in [0, 0.05) is 0 Å². The summed E-state index contributed by atoms with van der Waals surface area (Å²) in [4.78, 5) is 22.2. The third kappa shape index (κ3) is 3.17. The van der Waals surface area contributed by atoms with Gasteiger partial charge >= 0.3 is 6.03 Å². The monoisotopic (exact) mass is 229 g/mol. The van der Waals surface area contributed by atoms with Gasteiger partial charge in [0.25, 0.3) is 5.91 Å². The molecule has 0 saturated carbocycles. The molecule has 0 aliphatic carbocycles. The van der Waals surface area contributed by atoms with E-state index in [1.54, 1.807) is 0 Å². The maximum atomic E-state index is 11.5. The van der Waals surface area contributed by atoms with Gasteiger partial charge in [-0.25, -0.2) is 10.2 Å². The summed E-state index contributed by atoms with van der Waals surface area (Å²) in [6.45, 7) is 1.97. The molecular formula is C7H11N5O2S. The van der Waals surface area contributed by atoms with Crippen LogP contribution in [-0.4, -0.2) is 21.5 Å². The Kier molecular flexibility index (Phi) is 3.98. The summed E-state index contributed by atoms with van der Waals surface area (Å²) in [6, 6.07) is -0.821. The lowest BCUT2D eigenvalue weighted by Gasteiger charge is -2.02. The lowest BCUT2D eigenvalue weighted by atomic mass is 10.2. The highest BCUT2D eigenvalue weighted by Gasteiger charge is 2.15. The van der Waals surface area contributed by atoms with Crippen molar-refractivity contribution in [3.05, 3.63) is 10.6 Å². The first-order valence-electron chi connectivity index (χ1n) is 4.32. The SMILES string of the molecule is CCCc1nnsc1C(=O)NNC(N)=O. The summed E-state index contributed by atoms with van der Waals surface area (Å²) >= 11 is 0.984. The van der Waals surface area contributed by atoms with Crippen LogP contribution in [0.3, 0.4) is 0 Å². The Hall–Kier alpha value is -1.70. The minimum absolute atomic E-state index is 0.394. The Morgan fingerprint density at radius 1 is 1.47 bits per heavy atom. The molecule has 0 aromatic carbocycles. The third-order valence-electron chi connectivity index (χ3n) is 1.55. The second kappa shape index (κ2) is 5.25. The summed E-state index contributed by atoms with van der Waals surface area (Å²) in [5.74, 6) is -0.452. The van der Waals surface area contributed by atoms with Crippen LogP contribution in [0.5, 0.6) is 0 Å². The Balaban J connectivity index is 2.64. The van der Waals surface area contributed by atoms with Crippen molar-refractivity contribution in [1.82, 2.24) is 20.4 Å². The van der Waals surface area contributed by atoms with E-state index < -0.39 is 11.9 Å². The molecular weight excluding hydrogens is 218 g/mol. The number of nitrogens with zero attached hydrogens (tertiary/aromatic N) is 2. The van der Waals surface area contributed by atoms with Gasteiger partial charge < -0.3 is 5.73 Å². The normalized spacial score (nSPS) is 9.67. The molecule has 3 amide bonds. The number of hydrogen-bond acceptors (Lipinski definition) is 5. The van der Waals surface area contributed by atoms with Crippen LogP contribution in [0.4, 0.5) is 4.79 Å². The highest BCUT2D eigenvalue weighted by atomic mass is 32.1. The molecule has 0 aliphatic rings. The minimum atomic E-state index is -0.821. The van der Waals surface area contributed by atoms with E-state index in [0.717, 1.165) is 18.0 Å². The maximum Gasteiger partial charge on any atom is 0.330 e. The zero-order valence-corrected chi connectivity index (χ0v) is 8.93. The fourth-order valence-electron chi connectivity index (χ4n) is 0.957. The second-order valence-corrected chi connectivity index (χ2v) is 3.50. The van der Waals surface area contributed by atoms with Crippen molar-refractivity contribution in [2.45, 2.75) is 19.8 Å². The summed E-state index contributed by atoms with van der Waals surface area (Å²) in [5.41, 5.74) is 9.57. The lowest BCUT2D eigenvalue weighted by molar-refractivity contribution is 0.0940. The number of aromatic nitrogens is 2. The van der Waals surface area contributed by atoms with Crippen LogP contribution in [0.2, 0.25) is 0 Å². The number of aryl methyl sites for hydroxylation is 1. The fraction of sp³-hybridized carbons (Fsp3) is 0.429. The van der Waals surface area contributed by atoms with Crippen molar-refractivity contribution in [1.29, 1.82) is 0 Å². The molecule has 1 aromatic rings. The molecule has 0 saturated heterocycles. The first-order valence-corrected chi connectivity index (χ1v) is 5.09. The van der Waals surface area contributed by atoms with Gasteiger partial charge in [-0.1, -0.05) is 17.8 Å². The highest BCUT2D eigenvalue weighted by molar-refractivity contribution is 7.08. The number of urea groups is 1. The van der Waals surface area contributed by atoms with Crippen LogP contribution in [0.15, 0.2) is 0 Å². The van der Waals surface area contributed by atoms with E-state index in [9.17, 15) is 9.59 Å². The van der Waals surface area contributed by atoms with Crippen molar-refractivity contribution in [2.24, 2.45) is 5.73 Å². The molecule has 1 aromatic heterocycles. The van der Waals surface area contributed by atoms with Gasteiger partial charge in [0.2, 0.25) is 0 Å². The van der Waals surface area contributed by atoms with Gasteiger partial charge in [-0.05, 0) is 18.0 Å². The molecule has 0 spiro atoms. The molecule has 0 fully saturated rings. The Morgan fingerprint density at radius 2 is 2.20 bits per heavy atom. The van der Waals surface area contributed by atoms with Crippen molar-refractivity contribution >= 4 is 23.5 Å². The molecule has 0 unspecified atom stereocenters. The molecule has 82 valence electrons. The van der Waals surface area contributed by atoms with Crippen LogP contribution in [0.1, 0.15) is 28.7 Å². The number of nitrogens with two attached hydrogens (primary N) is 1. The van der Waals surface area contributed by atoms with Gasteiger partial charge in [-0.2, -0.15) is 0 Å². The summed E-state index contributed by atoms with van der Waals surface area (Å²) in [7, 11) is 0. The molecule has 1 heterocycles. The Bertz CT molecular complexity index is 364. The van der Waals surface area contributed by atoms with E-state index in [2.05, 4.69) is 15.0 Å². The summed E-state index contributed by atoms with van der Waals surface area (Å²) in [5, 5.41) is 3.82. The molecule has 15 heavy (non-hydrogen) atoms. The number of carbonyl (C=O) groups is 2. The van der Waals surface area contributed by atoms with E-state index in [1.165, 1.54) is 0 Å². The van der Waals surface area contributed by atoms with E-state index >= 15 is 0 Å². The smallest absolute Gasteiger partial charge is 0.330 e. The van der Waals surface area contributed by atoms with Crippen molar-refractivity contribution in [2.75, 3.05) is 0 Å². The average Bonchev–Trinajstić information content (AvgIpc) is 2.63. The molecule has 0 bridgehead atoms. The number of nitrogens with one attached hydrogen (secondary N) is 2. The van der Waals surface area contributed by atoms with Gasteiger partial charge in [0.15, 0.2) is 0 Å². The van der Waals surface area contributed by atoms with Gasteiger partial charge in [0.1, 0.15) is 4.88 Å². The third-order valence-corrected chi connectivity index (χ3v) is 2.31. The first kappa shape index (κ1) is 11.4. The second-order valence-electron chi connectivity index (χ2n) is 2.74. The van der Waals surface area contributed by atoms with E-state index in [4.69, 9.17) is 5.73 Å². The van der Waals surface area contributed by atoms with Crippen LogP contribution in [0, 0.1) is 0 Å². The maximum absolute atomic E-state index is 11.5. The van der Waals surface area contributed by atoms with Crippen LogP contribution in [-0.2, 0) is 6.42 Å². The number of amides is 3. The quantitative estimate of drug-likeness (QED) is 0.623. The zero-order valence-electron chi connectivity index (χ0n) is 8.11. The number of rotatable bonds is 3. The highest BCUT2D eigenvalue weighted by Crippen LogP contribution is 2.11.